The molecule has 2 N–H and O–H groups in total. The van der Waals surface area contributed by atoms with Crippen LogP contribution in [-0.2, 0) is 0 Å². The normalized spacial score (nSPS) is 11.5. The molecule has 5 nitrogen and oxygen atoms in total. The van der Waals surface area contributed by atoms with Gasteiger partial charge in [-0.1, -0.05) is 97.4 Å². The summed E-state index contributed by atoms with van der Waals surface area (Å²) in [5.74, 6) is -0.516. The highest BCUT2D eigenvalue weighted by Gasteiger charge is 2.44. The molecular weight excluding hydrogens is 637 g/mol. The fourth-order valence-electron chi connectivity index (χ4n) is 6.85. The quantitative estimate of drug-likeness (QED) is 0.0772. The molecule has 0 saturated carbocycles. The zero-order valence-electron chi connectivity index (χ0n) is 27.8. The highest BCUT2D eigenvalue weighted by atomic mass is 31.2. The van der Waals surface area contributed by atoms with E-state index in [0.29, 0.717) is 28.6 Å². The van der Waals surface area contributed by atoms with Crippen LogP contribution >= 0.6 is 7.26 Å². The van der Waals surface area contributed by atoms with E-state index in [9.17, 15) is 14.7 Å². The number of hydrogen-bond acceptors (Lipinski definition) is 4. The minimum atomic E-state index is -1.83. The Morgan fingerprint density at radius 2 is 1.14 bits per heavy atom. The van der Waals surface area contributed by atoms with Gasteiger partial charge in [0.25, 0.3) is 5.91 Å². The van der Waals surface area contributed by atoms with Gasteiger partial charge in [-0.05, 0) is 90.7 Å². The van der Waals surface area contributed by atoms with E-state index in [1.807, 2.05) is 30.3 Å². The lowest BCUT2D eigenvalue weighted by atomic mass is 10.0. The molecule has 0 aliphatic heterocycles. The van der Waals surface area contributed by atoms with Gasteiger partial charge in [0.05, 0.1) is 11.5 Å². The summed E-state index contributed by atoms with van der Waals surface area (Å²) in [7, 11) is -1.83. The van der Waals surface area contributed by atoms with Crippen molar-refractivity contribution < 1.29 is 14.3 Å². The van der Waals surface area contributed by atoms with E-state index < -0.39 is 18.4 Å². The number of carbonyl (C=O) groups is 1. The molecule has 0 spiro atoms. The van der Waals surface area contributed by atoms with E-state index in [4.69, 9.17) is 4.42 Å². The Morgan fingerprint density at radius 3 is 1.72 bits per heavy atom. The molecule has 0 aliphatic rings. The first-order valence-electron chi connectivity index (χ1n) is 17.2. The maximum Gasteiger partial charge on any atom is 0.251 e. The smallest absolute Gasteiger partial charge is 0.251 e. The van der Waals surface area contributed by atoms with Crippen molar-refractivity contribution in [2.75, 3.05) is 12.7 Å². The minimum Gasteiger partial charge on any atom is -0.502 e. The maximum absolute atomic E-state index is 13.0. The highest BCUT2D eigenvalue weighted by molar-refractivity contribution is 7.95. The van der Waals surface area contributed by atoms with Crippen LogP contribution in [0.5, 0.6) is 5.75 Å². The van der Waals surface area contributed by atoms with Gasteiger partial charge in [0.2, 0.25) is 11.2 Å². The van der Waals surface area contributed by atoms with E-state index in [2.05, 4.69) is 96.3 Å². The average Bonchev–Trinajstić information content (AvgIpc) is 3.18. The van der Waals surface area contributed by atoms with Gasteiger partial charge in [-0.25, -0.2) is 0 Å². The van der Waals surface area contributed by atoms with Crippen LogP contribution in [0.3, 0.4) is 0 Å². The van der Waals surface area contributed by atoms with E-state index in [-0.39, 0.29) is 11.7 Å². The Kier molecular flexibility index (Phi) is 9.86. The molecule has 50 heavy (non-hydrogen) atoms. The van der Waals surface area contributed by atoms with Crippen LogP contribution in [0.15, 0.2) is 161 Å². The van der Waals surface area contributed by atoms with Gasteiger partial charge in [-0.3, -0.25) is 9.59 Å². The number of nitrogens with one attached hydrogen (secondary N) is 1. The van der Waals surface area contributed by atoms with Gasteiger partial charge in [-0.2, -0.15) is 0 Å². The first-order chi connectivity index (χ1) is 24.5. The van der Waals surface area contributed by atoms with Crippen LogP contribution in [0, 0.1) is 0 Å². The Morgan fingerprint density at radius 1 is 0.620 bits per heavy atom. The standard InChI is InChI=1S/C44H38NO4P/c46-41-39-30-34-16-12-13-17-35(34)31-40(39)49-43(42(41)47)32-24-26-33(27-25-32)44(48)45-28-14-1-2-15-29-50(36-18-6-3-7-19-36,37-20-8-4-9-21-37)38-22-10-5-11-23-38/h3-13,16-27,30-31H,1-2,14-15,28-29H2,(H-,45,47,48)/p+1. The molecule has 6 heteroatoms. The van der Waals surface area contributed by atoms with Crippen molar-refractivity contribution in [2.24, 2.45) is 0 Å². The van der Waals surface area contributed by atoms with Gasteiger partial charge < -0.3 is 14.8 Å². The SMILES string of the molecule is O=C(NCCCCCC[P+](c1ccccc1)(c1ccccc1)c1ccccc1)c1ccc(-c2oc3cc4ccccc4cc3c(=O)c2O)cc1. The monoisotopic (exact) mass is 676 g/mol. The highest BCUT2D eigenvalue weighted by Crippen LogP contribution is 2.56. The second-order valence-electron chi connectivity index (χ2n) is 12.6. The third-order valence-corrected chi connectivity index (χ3v) is 14.0. The number of carbonyl (C=O) groups excluding carboxylic acids is 1. The zero-order valence-corrected chi connectivity index (χ0v) is 28.7. The van der Waals surface area contributed by atoms with Gasteiger partial charge >= 0.3 is 0 Å². The van der Waals surface area contributed by atoms with E-state index in [1.165, 1.54) is 15.9 Å². The molecule has 0 radical (unpaired) electrons. The molecule has 248 valence electrons. The summed E-state index contributed by atoms with van der Waals surface area (Å²) >= 11 is 0. The Balaban J connectivity index is 0.966. The first kappa shape index (κ1) is 33.0. The van der Waals surface area contributed by atoms with E-state index >= 15 is 0 Å². The van der Waals surface area contributed by atoms with Crippen molar-refractivity contribution in [3.05, 3.63) is 167 Å². The van der Waals surface area contributed by atoms with E-state index in [1.54, 1.807) is 30.3 Å². The Hall–Kier alpha value is -5.51. The molecule has 6 aromatic carbocycles. The van der Waals surface area contributed by atoms with Crippen molar-refractivity contribution in [1.82, 2.24) is 5.32 Å². The molecule has 0 aliphatic carbocycles. The Labute approximate surface area is 292 Å². The maximum atomic E-state index is 13.0. The third-order valence-electron chi connectivity index (χ3n) is 9.44. The lowest BCUT2D eigenvalue weighted by Gasteiger charge is -2.27. The number of unbranched alkanes of at least 4 members (excludes halogenated alkanes) is 3. The molecule has 1 amide bonds. The summed E-state index contributed by atoms with van der Waals surface area (Å²) in [6.07, 6.45) is 5.17. The summed E-state index contributed by atoms with van der Waals surface area (Å²) in [6, 6.07) is 50.9. The number of rotatable bonds is 12. The molecule has 7 rings (SSSR count). The lowest BCUT2D eigenvalue weighted by molar-refractivity contribution is 0.0953. The molecule has 0 atom stereocenters. The van der Waals surface area contributed by atoms with Crippen molar-refractivity contribution in [2.45, 2.75) is 25.7 Å². The molecule has 7 aromatic rings. The number of benzene rings is 6. The number of hydrogen-bond donors (Lipinski definition) is 2. The second kappa shape index (κ2) is 14.9. The predicted molar refractivity (Wildman–Crippen MR) is 208 cm³/mol. The van der Waals surface area contributed by atoms with Crippen LogP contribution in [0.25, 0.3) is 33.1 Å². The summed E-state index contributed by atoms with van der Waals surface area (Å²) in [5.41, 5.74) is 0.940. The molecule has 0 bridgehead atoms. The largest absolute Gasteiger partial charge is 0.502 e. The second-order valence-corrected chi connectivity index (χ2v) is 16.2. The van der Waals surface area contributed by atoms with Crippen molar-refractivity contribution in [3.8, 4) is 17.1 Å². The van der Waals surface area contributed by atoms with Crippen LogP contribution < -0.4 is 26.7 Å². The molecule has 0 fully saturated rings. The summed E-state index contributed by atoms with van der Waals surface area (Å²) in [4.78, 5) is 26.0. The molecule has 0 unspecified atom stereocenters. The van der Waals surface area contributed by atoms with Crippen molar-refractivity contribution in [3.63, 3.8) is 0 Å². The van der Waals surface area contributed by atoms with E-state index in [0.717, 1.165) is 42.6 Å². The van der Waals surface area contributed by atoms with Gasteiger partial charge in [-0.15, -0.1) is 0 Å². The van der Waals surface area contributed by atoms with Crippen LogP contribution in [0.1, 0.15) is 36.0 Å². The zero-order chi connectivity index (χ0) is 34.3. The molecular formula is C44H39NO4P+. The number of aromatic hydroxyl groups is 1. The van der Waals surface area contributed by atoms with Gasteiger partial charge in [0.15, 0.2) is 5.76 Å². The average molecular weight is 677 g/mol. The van der Waals surface area contributed by atoms with Crippen molar-refractivity contribution >= 4 is 50.8 Å². The van der Waals surface area contributed by atoms with Crippen LogP contribution in [-0.4, -0.2) is 23.7 Å². The van der Waals surface area contributed by atoms with Crippen LogP contribution in [0.4, 0.5) is 0 Å². The molecule has 1 heterocycles. The van der Waals surface area contributed by atoms with Gasteiger partial charge in [0.1, 0.15) is 28.8 Å². The summed E-state index contributed by atoms with van der Waals surface area (Å²) in [6.45, 7) is 0.589. The van der Waals surface area contributed by atoms with Crippen molar-refractivity contribution in [1.29, 1.82) is 0 Å². The number of fused-ring (bicyclic) bond motifs is 2. The summed E-state index contributed by atoms with van der Waals surface area (Å²) < 4.78 is 6.03. The topological polar surface area (TPSA) is 79.5 Å². The predicted octanol–water partition coefficient (Wildman–Crippen LogP) is 8.60. The fraction of sp³-hybridized carbons (Fsp3) is 0.136. The molecule has 0 saturated heterocycles. The van der Waals surface area contributed by atoms with Gasteiger partial charge in [0, 0.05) is 17.7 Å². The molecule has 1 aromatic heterocycles. The Bertz CT molecular complexity index is 2190. The fourth-order valence-corrected chi connectivity index (χ4v) is 11.3. The lowest BCUT2D eigenvalue weighted by Crippen LogP contribution is -2.33. The van der Waals surface area contributed by atoms with Crippen LogP contribution in [0.2, 0.25) is 0 Å². The first-order valence-corrected chi connectivity index (χ1v) is 19.1. The summed E-state index contributed by atoms with van der Waals surface area (Å²) in [5, 5.41) is 20.2. The minimum absolute atomic E-state index is 0.0861. The third kappa shape index (κ3) is 6.70. The number of amides is 1.